The van der Waals surface area contributed by atoms with Crippen LogP contribution in [0.5, 0.6) is 5.75 Å². The van der Waals surface area contributed by atoms with Crippen molar-refractivity contribution in [3.8, 4) is 5.75 Å². The summed E-state index contributed by atoms with van der Waals surface area (Å²) in [4.78, 5) is 13.3. The molecule has 1 N–H and O–H groups in total. The number of carbonyl (C=O) groups excluding carboxylic acids is 1. The van der Waals surface area contributed by atoms with Gasteiger partial charge in [0.25, 0.3) is 0 Å². The summed E-state index contributed by atoms with van der Waals surface area (Å²) in [5, 5.41) is 14.1. The second kappa shape index (κ2) is 9.04. The van der Waals surface area contributed by atoms with E-state index in [1.54, 1.807) is 12.1 Å². The molecule has 0 aliphatic rings. The molecule has 4 aromatic rings. The molecule has 0 aliphatic carbocycles. The molecular formula is C29H30O3. The van der Waals surface area contributed by atoms with E-state index < -0.39 is 5.41 Å². The fraction of sp³-hybridized carbons (Fsp3) is 0.276. The summed E-state index contributed by atoms with van der Waals surface area (Å²) >= 11 is 0. The van der Waals surface area contributed by atoms with Crippen LogP contribution in [0.3, 0.4) is 0 Å². The minimum atomic E-state index is -0.586. The predicted octanol–water partition coefficient (Wildman–Crippen LogP) is 7.35. The van der Waals surface area contributed by atoms with E-state index in [0.717, 1.165) is 32.7 Å². The maximum Gasteiger partial charge on any atom is 0.312 e. The Labute approximate surface area is 189 Å². The zero-order valence-electron chi connectivity index (χ0n) is 19.0. The Bertz CT molecular complexity index is 1190. The van der Waals surface area contributed by atoms with Crippen LogP contribution in [-0.2, 0) is 16.1 Å². The third-order valence-electron chi connectivity index (χ3n) is 6.72. The fourth-order valence-corrected chi connectivity index (χ4v) is 4.54. The van der Waals surface area contributed by atoms with Gasteiger partial charge in [-0.3, -0.25) is 4.79 Å². The Morgan fingerprint density at radius 1 is 0.938 bits per heavy atom. The van der Waals surface area contributed by atoms with Crippen molar-refractivity contribution < 1.29 is 14.6 Å². The van der Waals surface area contributed by atoms with Crippen LogP contribution in [0.25, 0.3) is 21.5 Å². The maximum atomic E-state index is 13.3. The van der Waals surface area contributed by atoms with Crippen LogP contribution in [0.1, 0.15) is 50.7 Å². The fourth-order valence-electron chi connectivity index (χ4n) is 4.54. The van der Waals surface area contributed by atoms with Gasteiger partial charge >= 0.3 is 5.97 Å². The van der Waals surface area contributed by atoms with Crippen LogP contribution in [0.4, 0.5) is 0 Å². The van der Waals surface area contributed by atoms with Crippen molar-refractivity contribution >= 4 is 27.5 Å². The number of rotatable bonds is 7. The lowest BCUT2D eigenvalue weighted by molar-refractivity contribution is -0.157. The lowest BCUT2D eigenvalue weighted by Gasteiger charge is -2.29. The minimum Gasteiger partial charge on any atom is -0.508 e. The highest BCUT2D eigenvalue weighted by Gasteiger charge is 2.35. The summed E-state index contributed by atoms with van der Waals surface area (Å²) in [6.45, 7) is 6.40. The molecule has 164 valence electrons. The second-order valence-corrected chi connectivity index (χ2v) is 8.98. The van der Waals surface area contributed by atoms with E-state index in [1.807, 2.05) is 50.2 Å². The van der Waals surface area contributed by atoms with Crippen molar-refractivity contribution in [1.82, 2.24) is 0 Å². The number of fused-ring (bicyclic) bond motifs is 2. The predicted molar refractivity (Wildman–Crippen MR) is 131 cm³/mol. The average molecular weight is 427 g/mol. The summed E-state index contributed by atoms with van der Waals surface area (Å²) in [6.07, 6.45) is 1.38. The molecule has 0 spiro atoms. The second-order valence-electron chi connectivity index (χ2n) is 8.98. The number of phenols is 1. The summed E-state index contributed by atoms with van der Waals surface area (Å²) in [6, 6.07) is 25.9. The van der Waals surface area contributed by atoms with Gasteiger partial charge in [-0.2, -0.15) is 0 Å². The lowest BCUT2D eigenvalue weighted by atomic mass is 9.77. The van der Waals surface area contributed by atoms with E-state index in [2.05, 4.69) is 37.3 Å². The van der Waals surface area contributed by atoms with Gasteiger partial charge in [0.1, 0.15) is 12.4 Å². The first-order valence-electron chi connectivity index (χ1n) is 11.3. The Morgan fingerprint density at radius 2 is 1.50 bits per heavy atom. The molecular weight excluding hydrogens is 396 g/mol. The van der Waals surface area contributed by atoms with Gasteiger partial charge in [0, 0.05) is 5.56 Å². The Kier molecular flexibility index (Phi) is 6.18. The van der Waals surface area contributed by atoms with Crippen molar-refractivity contribution in [2.24, 2.45) is 5.41 Å². The van der Waals surface area contributed by atoms with Gasteiger partial charge in [-0.15, -0.1) is 0 Å². The first kappa shape index (κ1) is 21.9. The summed E-state index contributed by atoms with van der Waals surface area (Å²) in [5.74, 6) is 0.259. The standard InChI is InChI=1S/C29H30O3/c1-4-29(3,18-20(2)21-13-15-24(30)16-14-21)28(31)32-19-27-25-11-7-5-9-22(25)17-23-10-6-8-12-26(23)27/h5-17,20,30H,4,18-19H2,1-3H3. The number of benzene rings is 4. The molecule has 0 amide bonds. The van der Waals surface area contributed by atoms with Crippen LogP contribution in [0.2, 0.25) is 0 Å². The van der Waals surface area contributed by atoms with E-state index >= 15 is 0 Å². The number of hydrogen-bond donors (Lipinski definition) is 1. The number of carbonyl (C=O) groups is 1. The van der Waals surface area contributed by atoms with Crippen LogP contribution in [0.15, 0.2) is 78.9 Å². The number of esters is 1. The van der Waals surface area contributed by atoms with Crippen molar-refractivity contribution in [2.45, 2.75) is 46.1 Å². The Morgan fingerprint density at radius 3 is 2.06 bits per heavy atom. The topological polar surface area (TPSA) is 46.5 Å². The van der Waals surface area contributed by atoms with Gasteiger partial charge < -0.3 is 9.84 Å². The van der Waals surface area contributed by atoms with Gasteiger partial charge in [-0.25, -0.2) is 0 Å². The van der Waals surface area contributed by atoms with Crippen molar-refractivity contribution in [3.05, 3.63) is 90.0 Å². The Balaban J connectivity index is 1.57. The largest absolute Gasteiger partial charge is 0.508 e. The van der Waals surface area contributed by atoms with Crippen LogP contribution in [0, 0.1) is 5.41 Å². The van der Waals surface area contributed by atoms with Crippen LogP contribution in [-0.4, -0.2) is 11.1 Å². The summed E-state index contributed by atoms with van der Waals surface area (Å²) in [5.41, 5.74) is 1.57. The normalized spacial score (nSPS) is 14.2. The van der Waals surface area contributed by atoms with Crippen molar-refractivity contribution in [1.29, 1.82) is 0 Å². The molecule has 4 rings (SSSR count). The summed E-state index contributed by atoms with van der Waals surface area (Å²) < 4.78 is 5.98. The van der Waals surface area contributed by atoms with Gasteiger partial charge in [-0.05, 0) is 71.0 Å². The number of phenolic OH excluding ortho intramolecular Hbond substituents is 1. The molecule has 0 saturated carbocycles. The SMILES string of the molecule is CCC(C)(CC(C)c1ccc(O)cc1)C(=O)OCc1c2ccccc2cc2ccccc12. The number of hydrogen-bond acceptors (Lipinski definition) is 3. The highest BCUT2D eigenvalue weighted by Crippen LogP contribution is 2.37. The van der Waals surface area contributed by atoms with E-state index in [1.165, 1.54) is 0 Å². The molecule has 0 aliphatic heterocycles. The highest BCUT2D eigenvalue weighted by atomic mass is 16.5. The van der Waals surface area contributed by atoms with Crippen LogP contribution >= 0.6 is 0 Å². The van der Waals surface area contributed by atoms with E-state index in [4.69, 9.17) is 4.74 Å². The molecule has 4 aromatic carbocycles. The average Bonchev–Trinajstić information content (AvgIpc) is 2.81. The lowest BCUT2D eigenvalue weighted by Crippen LogP contribution is -2.30. The monoisotopic (exact) mass is 426 g/mol. The molecule has 0 heterocycles. The van der Waals surface area contributed by atoms with E-state index in [0.29, 0.717) is 12.8 Å². The molecule has 0 fully saturated rings. The van der Waals surface area contributed by atoms with Gasteiger partial charge in [0.15, 0.2) is 0 Å². The zero-order valence-corrected chi connectivity index (χ0v) is 19.0. The molecule has 0 bridgehead atoms. The zero-order chi connectivity index (χ0) is 22.7. The van der Waals surface area contributed by atoms with Crippen LogP contribution < -0.4 is 0 Å². The molecule has 0 radical (unpaired) electrons. The Hall–Kier alpha value is -3.33. The third-order valence-corrected chi connectivity index (χ3v) is 6.72. The smallest absolute Gasteiger partial charge is 0.312 e. The van der Waals surface area contributed by atoms with E-state index in [-0.39, 0.29) is 24.2 Å². The quantitative estimate of drug-likeness (QED) is 0.248. The molecule has 32 heavy (non-hydrogen) atoms. The van der Waals surface area contributed by atoms with Crippen molar-refractivity contribution in [3.63, 3.8) is 0 Å². The highest BCUT2D eigenvalue weighted by molar-refractivity contribution is 6.02. The molecule has 3 heteroatoms. The van der Waals surface area contributed by atoms with E-state index in [9.17, 15) is 9.90 Å². The molecule has 3 nitrogen and oxygen atoms in total. The maximum absolute atomic E-state index is 13.3. The third kappa shape index (κ3) is 4.34. The molecule has 0 aromatic heterocycles. The first-order chi connectivity index (χ1) is 15.4. The number of aromatic hydroxyl groups is 1. The number of ether oxygens (including phenoxy) is 1. The minimum absolute atomic E-state index is 0.164. The molecule has 2 atom stereocenters. The van der Waals surface area contributed by atoms with Gasteiger partial charge in [-0.1, -0.05) is 74.5 Å². The van der Waals surface area contributed by atoms with Gasteiger partial charge in [0.2, 0.25) is 0 Å². The molecule has 2 unspecified atom stereocenters. The van der Waals surface area contributed by atoms with Gasteiger partial charge in [0.05, 0.1) is 5.41 Å². The molecule has 0 saturated heterocycles. The van der Waals surface area contributed by atoms with Crippen molar-refractivity contribution in [2.75, 3.05) is 0 Å². The first-order valence-corrected chi connectivity index (χ1v) is 11.3. The summed E-state index contributed by atoms with van der Waals surface area (Å²) in [7, 11) is 0.